The Labute approximate surface area is 113 Å². The predicted octanol–water partition coefficient (Wildman–Crippen LogP) is 1.00. The van der Waals surface area contributed by atoms with Crippen molar-refractivity contribution in [2.24, 2.45) is 0 Å². The molecule has 2 rings (SSSR count). The van der Waals surface area contributed by atoms with Crippen molar-refractivity contribution >= 4 is 11.4 Å². The van der Waals surface area contributed by atoms with Crippen LogP contribution in [0.2, 0.25) is 0 Å². The van der Waals surface area contributed by atoms with Crippen LogP contribution in [0.3, 0.4) is 0 Å². The lowest BCUT2D eigenvalue weighted by molar-refractivity contribution is 0.0527. The molecular weight excluding hydrogens is 244 g/mol. The topological polar surface area (TPSA) is 68.0 Å². The van der Waals surface area contributed by atoms with Gasteiger partial charge in [0.25, 0.3) is 0 Å². The van der Waals surface area contributed by atoms with Gasteiger partial charge in [-0.05, 0) is 30.7 Å². The van der Waals surface area contributed by atoms with E-state index in [9.17, 15) is 5.11 Å². The van der Waals surface area contributed by atoms with Crippen molar-refractivity contribution < 1.29 is 14.6 Å². The lowest BCUT2D eigenvalue weighted by atomic mass is 10.1. The molecule has 0 aromatic heterocycles. The van der Waals surface area contributed by atoms with Crippen molar-refractivity contribution in [3.8, 4) is 0 Å². The molecule has 19 heavy (non-hydrogen) atoms. The Morgan fingerprint density at radius 1 is 1.32 bits per heavy atom. The van der Waals surface area contributed by atoms with Crippen LogP contribution < -0.4 is 10.6 Å². The Morgan fingerprint density at radius 2 is 2.11 bits per heavy atom. The van der Waals surface area contributed by atoms with Gasteiger partial charge in [0.15, 0.2) is 0 Å². The minimum Gasteiger partial charge on any atom is -0.399 e. The maximum Gasteiger partial charge on any atom is 0.131 e. The van der Waals surface area contributed by atoms with Crippen molar-refractivity contribution in [1.82, 2.24) is 0 Å². The Balaban J connectivity index is 1.81. The highest BCUT2D eigenvalue weighted by Gasteiger charge is 2.26. The number of ether oxygens (including phenoxy) is 2. The fourth-order valence-corrected chi connectivity index (χ4v) is 2.31. The molecule has 1 heterocycles. The van der Waals surface area contributed by atoms with E-state index >= 15 is 0 Å². The molecular formula is C14H22N2O3. The summed E-state index contributed by atoms with van der Waals surface area (Å²) in [6.07, 6.45) is 0.145. The first-order valence-electron chi connectivity index (χ1n) is 6.71. The Kier molecular flexibility index (Phi) is 5.01. The van der Waals surface area contributed by atoms with E-state index in [-0.39, 0.29) is 0 Å². The van der Waals surface area contributed by atoms with Gasteiger partial charge in [0.1, 0.15) is 6.23 Å². The van der Waals surface area contributed by atoms with Crippen molar-refractivity contribution in [3.63, 3.8) is 0 Å². The third-order valence-corrected chi connectivity index (χ3v) is 3.23. The van der Waals surface area contributed by atoms with E-state index in [0.717, 1.165) is 16.9 Å². The Hall–Kier alpha value is -1.30. The number of fused-ring (bicyclic) bond motifs is 1. The molecule has 3 N–H and O–H groups in total. The smallest absolute Gasteiger partial charge is 0.131 e. The fourth-order valence-electron chi connectivity index (χ4n) is 2.31. The van der Waals surface area contributed by atoms with Crippen molar-refractivity contribution in [1.29, 1.82) is 0 Å². The molecule has 5 heteroatoms. The third kappa shape index (κ3) is 3.59. The molecule has 0 radical (unpaired) electrons. The highest BCUT2D eigenvalue weighted by molar-refractivity contribution is 5.63. The van der Waals surface area contributed by atoms with Crippen LogP contribution in [-0.4, -0.2) is 44.3 Å². The normalized spacial score (nSPS) is 17.8. The molecule has 0 bridgehead atoms. The maximum atomic E-state index is 10.0. The molecule has 0 amide bonds. The van der Waals surface area contributed by atoms with Crippen LogP contribution in [0, 0.1) is 0 Å². The second-order valence-corrected chi connectivity index (χ2v) is 4.58. The monoisotopic (exact) mass is 266 g/mol. The first-order valence-corrected chi connectivity index (χ1v) is 6.71. The fraction of sp³-hybridized carbons (Fsp3) is 0.571. The number of hydrogen-bond acceptors (Lipinski definition) is 5. The Bertz CT molecular complexity index is 412. The zero-order valence-corrected chi connectivity index (χ0v) is 11.3. The van der Waals surface area contributed by atoms with Gasteiger partial charge in [-0.25, -0.2) is 0 Å². The van der Waals surface area contributed by atoms with Crippen LogP contribution in [0.5, 0.6) is 0 Å². The molecule has 0 saturated heterocycles. The first-order chi connectivity index (χ1) is 9.22. The number of benzene rings is 1. The molecule has 1 aliphatic rings. The van der Waals surface area contributed by atoms with Gasteiger partial charge in [-0.15, -0.1) is 0 Å². The molecule has 1 aliphatic heterocycles. The number of hydrogen-bond donors (Lipinski definition) is 2. The molecule has 1 aromatic rings. The molecule has 0 aliphatic carbocycles. The van der Waals surface area contributed by atoms with Crippen LogP contribution in [-0.2, 0) is 15.9 Å². The highest BCUT2D eigenvalue weighted by atomic mass is 16.5. The number of aliphatic hydroxyl groups is 1. The molecule has 0 fully saturated rings. The molecule has 0 spiro atoms. The molecule has 0 saturated carbocycles. The summed E-state index contributed by atoms with van der Waals surface area (Å²) in [7, 11) is 0. The average molecular weight is 266 g/mol. The van der Waals surface area contributed by atoms with Crippen LogP contribution in [0.1, 0.15) is 12.5 Å². The van der Waals surface area contributed by atoms with E-state index in [2.05, 4.69) is 0 Å². The summed E-state index contributed by atoms with van der Waals surface area (Å²) >= 11 is 0. The number of nitrogen functional groups attached to an aromatic ring is 1. The second-order valence-electron chi connectivity index (χ2n) is 4.58. The van der Waals surface area contributed by atoms with E-state index in [1.807, 2.05) is 30.0 Å². The van der Waals surface area contributed by atoms with E-state index in [1.165, 1.54) is 0 Å². The van der Waals surface area contributed by atoms with Gasteiger partial charge in [0.2, 0.25) is 0 Å². The summed E-state index contributed by atoms with van der Waals surface area (Å²) in [6.45, 7) is 5.13. The van der Waals surface area contributed by atoms with Crippen LogP contribution >= 0.6 is 0 Å². The summed E-state index contributed by atoms with van der Waals surface area (Å²) in [5.74, 6) is 0. The van der Waals surface area contributed by atoms with Crippen LogP contribution in [0.4, 0.5) is 11.4 Å². The van der Waals surface area contributed by atoms with E-state index in [1.54, 1.807) is 0 Å². The summed E-state index contributed by atoms with van der Waals surface area (Å²) in [4.78, 5) is 1.95. The number of anilines is 2. The maximum absolute atomic E-state index is 10.0. The molecule has 1 unspecified atom stereocenters. The summed E-state index contributed by atoms with van der Waals surface area (Å²) in [5.41, 5.74) is 8.64. The van der Waals surface area contributed by atoms with Crippen molar-refractivity contribution in [3.05, 3.63) is 23.8 Å². The molecule has 5 nitrogen and oxygen atoms in total. The van der Waals surface area contributed by atoms with Crippen LogP contribution in [0.25, 0.3) is 0 Å². The third-order valence-electron chi connectivity index (χ3n) is 3.23. The number of aliphatic hydroxyl groups excluding tert-OH is 1. The first kappa shape index (κ1) is 14.1. The van der Waals surface area contributed by atoms with Gasteiger partial charge in [0.05, 0.1) is 19.8 Å². The second kappa shape index (κ2) is 6.75. The minimum atomic E-state index is -0.479. The van der Waals surface area contributed by atoms with Crippen LogP contribution in [0.15, 0.2) is 18.2 Å². The number of nitrogens with zero attached hydrogens (tertiary/aromatic N) is 1. The average Bonchev–Trinajstić information content (AvgIpc) is 2.69. The van der Waals surface area contributed by atoms with Gasteiger partial charge in [-0.2, -0.15) is 0 Å². The molecule has 106 valence electrons. The Morgan fingerprint density at radius 3 is 2.89 bits per heavy atom. The van der Waals surface area contributed by atoms with Gasteiger partial charge < -0.3 is 25.2 Å². The molecule has 1 aromatic carbocycles. The van der Waals surface area contributed by atoms with Gasteiger partial charge >= 0.3 is 0 Å². The van der Waals surface area contributed by atoms with Gasteiger partial charge in [0, 0.05) is 30.9 Å². The highest BCUT2D eigenvalue weighted by Crippen LogP contribution is 2.32. The standard InChI is InChI=1S/C14H22N2O3/c1-2-18-7-8-19-6-5-16-13-4-3-12(15)9-11(13)10-14(16)17/h3-4,9,14,17H,2,5-8,10,15H2,1H3. The van der Waals surface area contributed by atoms with E-state index < -0.39 is 6.23 Å². The van der Waals surface area contributed by atoms with E-state index in [0.29, 0.717) is 39.4 Å². The van der Waals surface area contributed by atoms with Crippen molar-refractivity contribution in [2.75, 3.05) is 43.6 Å². The van der Waals surface area contributed by atoms with Crippen molar-refractivity contribution in [2.45, 2.75) is 19.6 Å². The zero-order chi connectivity index (χ0) is 13.7. The van der Waals surface area contributed by atoms with E-state index in [4.69, 9.17) is 15.2 Å². The lowest BCUT2D eigenvalue weighted by Crippen LogP contribution is -2.34. The van der Waals surface area contributed by atoms with Gasteiger partial charge in [-0.1, -0.05) is 0 Å². The summed E-state index contributed by atoms with van der Waals surface area (Å²) in [6, 6.07) is 5.75. The predicted molar refractivity (Wildman–Crippen MR) is 75.2 cm³/mol. The quantitative estimate of drug-likeness (QED) is 0.569. The minimum absolute atomic E-state index is 0.479. The lowest BCUT2D eigenvalue weighted by Gasteiger charge is -2.23. The summed E-state index contributed by atoms with van der Waals surface area (Å²) in [5, 5.41) is 10.0. The summed E-state index contributed by atoms with van der Waals surface area (Å²) < 4.78 is 10.7. The SMILES string of the molecule is CCOCCOCCN1c2ccc(N)cc2CC1O. The largest absolute Gasteiger partial charge is 0.399 e. The van der Waals surface area contributed by atoms with Gasteiger partial charge in [-0.3, -0.25) is 0 Å². The number of rotatable bonds is 7. The molecule has 1 atom stereocenters. The zero-order valence-electron chi connectivity index (χ0n) is 11.3. The number of nitrogens with two attached hydrogens (primary N) is 1.